The monoisotopic (exact) mass is 1140 g/mol. The SMILES string of the molecule is C=CC(=O)N1CCN(c2nc(OC[C@@H]3CC(c4c[nH]c(=O)c5c4CCCC54CCc5c(nc(OC[C@@H]6CCCN6C)nc5N5CCN(C(=O)C=C)[C@@H](CC#N)C5)O4)CN3C)nc3c2CCC2(CCC(F)(F)c4ccccc42)O3)C[C@@H]1CC#N. The Kier molecular flexibility index (Phi) is 15.1. The standard InChI is InChI=1S/C61H71F2N13O7/c1-5-49(77)75-29-27-73(34-39(75)17-24-64)52-44-15-20-59(22-23-61(62,63)48-14-8-7-13-47(48)59)82-55(44)69-58(68-52)81-37-42-31-38(33-72(42)4)46-32-66-54(79)51-43(46)12-9-19-60(51)21-16-45-53(74-28-30-76(50(78)6-2)40(35-74)18-25-65)67-57(70-56(45)83-60)80-36-41-11-10-26-71(41)3/h5-8,13-14,32,38-42H,1-2,9-12,15-23,26-31,33-37H2,3-4H3,(H,66,79)/t38?,39-,40-,41-,42-,59?,60?/m0/s1. The zero-order chi connectivity index (χ0) is 57.8. The fourth-order valence-corrected chi connectivity index (χ4v) is 14.7. The van der Waals surface area contributed by atoms with Crippen molar-refractivity contribution in [3.8, 4) is 35.9 Å². The summed E-state index contributed by atoms with van der Waals surface area (Å²) in [5.41, 5.74) is 2.38. The third-order valence-electron chi connectivity index (χ3n) is 19.1. The van der Waals surface area contributed by atoms with Crippen molar-refractivity contribution in [2.45, 2.75) is 137 Å². The highest BCUT2D eigenvalue weighted by molar-refractivity contribution is 5.88. The van der Waals surface area contributed by atoms with E-state index in [-0.39, 0.29) is 97.2 Å². The topological polar surface area (TPSA) is 222 Å². The summed E-state index contributed by atoms with van der Waals surface area (Å²) < 4.78 is 58.0. The molecule has 4 fully saturated rings. The number of amides is 2. The number of rotatable bonds is 13. The van der Waals surface area contributed by atoms with E-state index in [1.54, 1.807) is 28.0 Å². The van der Waals surface area contributed by atoms with Gasteiger partial charge in [0.2, 0.25) is 23.6 Å². The minimum absolute atomic E-state index is 0.0141. The second kappa shape index (κ2) is 22.5. The van der Waals surface area contributed by atoms with E-state index in [2.05, 4.69) is 59.1 Å². The minimum Gasteiger partial charge on any atom is -0.466 e. The van der Waals surface area contributed by atoms with Crippen LogP contribution in [0.25, 0.3) is 0 Å². The summed E-state index contributed by atoms with van der Waals surface area (Å²) in [5, 5.41) is 19.6. The number of likely N-dealkylation sites (N-methyl/N-ethyl adjacent to an activating group) is 2. The molecule has 0 saturated carbocycles. The van der Waals surface area contributed by atoms with Crippen molar-refractivity contribution in [2.24, 2.45) is 0 Å². The van der Waals surface area contributed by atoms with Crippen molar-refractivity contribution in [1.29, 1.82) is 10.5 Å². The molecule has 0 radical (unpaired) electrons. The smallest absolute Gasteiger partial charge is 0.321 e. The van der Waals surface area contributed by atoms with E-state index in [1.165, 1.54) is 18.2 Å². The lowest BCUT2D eigenvalue weighted by Crippen LogP contribution is -2.55. The number of hydrogen-bond donors (Lipinski definition) is 1. The zero-order valence-corrected chi connectivity index (χ0v) is 47.3. The van der Waals surface area contributed by atoms with Crippen LogP contribution in [0.4, 0.5) is 20.4 Å². The van der Waals surface area contributed by atoms with Gasteiger partial charge in [0.1, 0.15) is 36.1 Å². The number of aromatic amines is 1. The Bertz CT molecular complexity index is 3370. The zero-order valence-electron chi connectivity index (χ0n) is 47.3. The molecule has 3 unspecified atom stereocenters. The maximum absolute atomic E-state index is 15.5. The summed E-state index contributed by atoms with van der Waals surface area (Å²) in [5.74, 6) is -1.61. The van der Waals surface area contributed by atoms with Gasteiger partial charge in [0.05, 0.1) is 53.8 Å². The molecule has 22 heteroatoms. The van der Waals surface area contributed by atoms with Crippen molar-refractivity contribution in [1.82, 2.24) is 44.5 Å². The molecule has 2 amide bonds. The van der Waals surface area contributed by atoms with E-state index in [4.69, 9.17) is 38.9 Å². The maximum atomic E-state index is 15.5. The number of pyridine rings is 1. The second-order valence-corrected chi connectivity index (χ2v) is 23.8. The number of benzene rings is 1. The normalized spacial score (nSPS) is 27.3. The lowest BCUT2D eigenvalue weighted by molar-refractivity contribution is -0.129. The van der Waals surface area contributed by atoms with Crippen LogP contribution in [0.15, 0.2) is 60.6 Å². The fraction of sp³-hybridized carbons (Fsp3) is 0.557. The molecule has 4 saturated heterocycles. The Morgan fingerprint density at radius 1 is 0.711 bits per heavy atom. The fourth-order valence-electron chi connectivity index (χ4n) is 14.7. The lowest BCUT2D eigenvalue weighted by atomic mass is 9.73. The van der Waals surface area contributed by atoms with Gasteiger partial charge in [-0.15, -0.1) is 0 Å². The Labute approximate surface area is 481 Å². The number of H-pyrrole nitrogens is 1. The number of aromatic nitrogens is 5. The van der Waals surface area contributed by atoms with Gasteiger partial charge in [-0.25, -0.2) is 8.78 Å². The van der Waals surface area contributed by atoms with E-state index in [1.807, 2.05) is 11.1 Å². The van der Waals surface area contributed by atoms with Gasteiger partial charge in [-0.05, 0) is 120 Å². The number of carbonyl (C=O) groups excluding carboxylic acids is 2. The molecule has 1 aromatic carbocycles. The van der Waals surface area contributed by atoms with Crippen molar-refractivity contribution in [3.63, 3.8) is 0 Å². The van der Waals surface area contributed by atoms with Crippen LogP contribution >= 0.6 is 0 Å². The molecule has 1 N–H and O–H groups in total. The van der Waals surface area contributed by atoms with E-state index < -0.39 is 23.2 Å². The highest BCUT2D eigenvalue weighted by Gasteiger charge is 2.52. The number of halogens is 2. The first-order valence-corrected chi connectivity index (χ1v) is 29.3. The van der Waals surface area contributed by atoms with Gasteiger partial charge in [0.25, 0.3) is 11.5 Å². The van der Waals surface area contributed by atoms with Crippen molar-refractivity contribution in [3.05, 3.63) is 105 Å². The molecule has 7 atom stereocenters. The molecule has 8 aliphatic rings. The number of anilines is 2. The van der Waals surface area contributed by atoms with Crippen molar-refractivity contribution in [2.75, 3.05) is 89.5 Å². The largest absolute Gasteiger partial charge is 0.466 e. The number of piperazine rings is 2. The molecule has 12 rings (SSSR count). The van der Waals surface area contributed by atoms with Gasteiger partial charge < -0.3 is 48.4 Å². The summed E-state index contributed by atoms with van der Waals surface area (Å²) in [6, 6.07) is 10.6. The first-order chi connectivity index (χ1) is 40.1. The number of ether oxygens (including phenoxy) is 4. The molecule has 0 bridgehead atoms. The first-order valence-electron chi connectivity index (χ1n) is 29.3. The van der Waals surface area contributed by atoms with Gasteiger partial charge in [-0.2, -0.15) is 30.5 Å². The quantitative estimate of drug-likeness (QED) is 0.147. The number of nitrogens with zero attached hydrogens (tertiary/aromatic N) is 12. The molecule has 6 aliphatic heterocycles. The number of carbonyl (C=O) groups is 2. The van der Waals surface area contributed by atoms with Crippen LogP contribution in [-0.2, 0) is 46.0 Å². The number of likely N-dealkylation sites (tertiary alicyclic amines) is 2. The van der Waals surface area contributed by atoms with Crippen LogP contribution < -0.4 is 34.3 Å². The molecule has 9 heterocycles. The summed E-state index contributed by atoms with van der Waals surface area (Å²) in [7, 11) is 4.14. The minimum atomic E-state index is -3.00. The third kappa shape index (κ3) is 10.3. The number of fused-ring (bicyclic) bond motifs is 6. The molecular weight excluding hydrogens is 1060 g/mol. The molecule has 2 spiro atoms. The molecule has 83 heavy (non-hydrogen) atoms. The van der Waals surface area contributed by atoms with E-state index >= 15 is 8.78 Å². The number of nitriles is 2. The Morgan fingerprint density at radius 3 is 1.89 bits per heavy atom. The van der Waals surface area contributed by atoms with Gasteiger partial charge in [0.15, 0.2) is 0 Å². The lowest BCUT2D eigenvalue weighted by Gasteiger charge is -2.45. The van der Waals surface area contributed by atoms with Gasteiger partial charge in [-0.3, -0.25) is 19.3 Å². The first kappa shape index (κ1) is 55.8. The van der Waals surface area contributed by atoms with Crippen molar-refractivity contribution >= 4 is 23.5 Å². The maximum Gasteiger partial charge on any atom is 0.321 e. The van der Waals surface area contributed by atoms with Gasteiger partial charge in [0, 0.05) is 81.6 Å². The van der Waals surface area contributed by atoms with Crippen LogP contribution in [0.3, 0.4) is 0 Å². The highest BCUT2D eigenvalue weighted by atomic mass is 19.3. The highest BCUT2D eigenvalue weighted by Crippen LogP contribution is 2.54. The summed E-state index contributed by atoms with van der Waals surface area (Å²) in [4.78, 5) is 75.4. The van der Waals surface area contributed by atoms with E-state index in [9.17, 15) is 24.9 Å². The predicted octanol–water partition coefficient (Wildman–Crippen LogP) is 6.19. The summed E-state index contributed by atoms with van der Waals surface area (Å²) in [6.45, 7) is 11.9. The molecule has 20 nitrogen and oxygen atoms in total. The van der Waals surface area contributed by atoms with Crippen LogP contribution in [0.1, 0.15) is 115 Å². The van der Waals surface area contributed by atoms with E-state index in [0.717, 1.165) is 48.1 Å². The van der Waals surface area contributed by atoms with Crippen LogP contribution in [-0.4, -0.2) is 160 Å². The van der Waals surface area contributed by atoms with Gasteiger partial charge >= 0.3 is 12.0 Å². The van der Waals surface area contributed by atoms with Gasteiger partial charge in [-0.1, -0.05) is 37.4 Å². The van der Waals surface area contributed by atoms with E-state index in [0.29, 0.717) is 126 Å². The molecule has 3 aromatic heterocycles. The Balaban J connectivity index is 0.815. The van der Waals surface area contributed by atoms with Crippen LogP contribution in [0.2, 0.25) is 0 Å². The summed E-state index contributed by atoms with van der Waals surface area (Å²) in [6.07, 6.45) is 11.1. The molecule has 436 valence electrons. The average molecular weight is 1140 g/mol. The Morgan fingerprint density at radius 2 is 1.30 bits per heavy atom. The number of nitrogens with one attached hydrogen (secondary N) is 1. The average Bonchev–Trinajstić information content (AvgIpc) is 4.01. The predicted molar refractivity (Wildman–Crippen MR) is 302 cm³/mol. The third-order valence-corrected chi connectivity index (χ3v) is 19.1. The molecule has 2 aliphatic carbocycles. The second-order valence-electron chi connectivity index (χ2n) is 23.8. The van der Waals surface area contributed by atoms with Crippen molar-refractivity contribution < 1.29 is 37.3 Å². The number of alkyl halides is 2. The van der Waals surface area contributed by atoms with Crippen LogP contribution in [0.5, 0.6) is 23.8 Å². The summed E-state index contributed by atoms with van der Waals surface area (Å²) >= 11 is 0. The molecular formula is C61H71F2N13O7. The number of hydrogen-bond acceptors (Lipinski definition) is 17. The molecule has 4 aromatic rings. The van der Waals surface area contributed by atoms with Crippen LogP contribution in [0, 0.1) is 22.7 Å². The Hall–Kier alpha value is -7.69.